The molecule has 0 fully saturated rings. The Kier molecular flexibility index (Phi) is 5.95. The fourth-order valence-electron chi connectivity index (χ4n) is 2.15. The Morgan fingerprint density at radius 3 is 2.54 bits per heavy atom. The largest absolute Gasteiger partial charge is 0.497 e. The zero-order valence-corrected chi connectivity index (χ0v) is 14.1. The van der Waals surface area contributed by atoms with Crippen LogP contribution < -0.4 is 15.4 Å². The maximum atomic E-state index is 12.4. The van der Waals surface area contributed by atoms with Gasteiger partial charge in [-0.2, -0.15) is 0 Å². The van der Waals surface area contributed by atoms with Crippen LogP contribution in [0.2, 0.25) is 0 Å². The van der Waals surface area contributed by atoms with E-state index in [2.05, 4.69) is 10.6 Å². The molecule has 0 aliphatic carbocycles. The topological polar surface area (TPSA) is 67.4 Å². The van der Waals surface area contributed by atoms with Gasteiger partial charge in [0.2, 0.25) is 0 Å². The molecular weight excluding hydrogens is 304 g/mol. The molecule has 0 aromatic heterocycles. The van der Waals surface area contributed by atoms with Gasteiger partial charge in [-0.3, -0.25) is 9.59 Å². The van der Waals surface area contributed by atoms with Crippen LogP contribution in [0.1, 0.15) is 41.0 Å². The van der Waals surface area contributed by atoms with Crippen molar-refractivity contribution in [3.8, 4) is 5.75 Å². The Morgan fingerprint density at radius 2 is 1.83 bits per heavy atom. The minimum atomic E-state index is -0.294. The Balaban J connectivity index is 2.20. The summed E-state index contributed by atoms with van der Waals surface area (Å²) < 4.78 is 5.13. The summed E-state index contributed by atoms with van der Waals surface area (Å²) in [6, 6.07) is 13.9. The summed E-state index contributed by atoms with van der Waals surface area (Å²) in [5.41, 5.74) is 1.38. The van der Waals surface area contributed by atoms with Gasteiger partial charge in [0.15, 0.2) is 0 Å². The summed E-state index contributed by atoms with van der Waals surface area (Å²) in [5, 5.41) is 5.70. The maximum Gasteiger partial charge on any atom is 0.255 e. The van der Waals surface area contributed by atoms with Gasteiger partial charge in [0.1, 0.15) is 5.75 Å². The van der Waals surface area contributed by atoms with Crippen molar-refractivity contribution in [3.63, 3.8) is 0 Å². The number of anilines is 1. The monoisotopic (exact) mass is 326 g/mol. The van der Waals surface area contributed by atoms with E-state index >= 15 is 0 Å². The second-order valence-electron chi connectivity index (χ2n) is 5.51. The van der Waals surface area contributed by atoms with Crippen molar-refractivity contribution in [3.05, 3.63) is 59.7 Å². The second-order valence-corrected chi connectivity index (χ2v) is 5.51. The van der Waals surface area contributed by atoms with Crippen LogP contribution in [0.25, 0.3) is 0 Å². The zero-order valence-electron chi connectivity index (χ0n) is 14.1. The third-order valence-corrected chi connectivity index (χ3v) is 3.74. The van der Waals surface area contributed by atoms with E-state index in [4.69, 9.17) is 4.74 Å². The number of hydrogen-bond donors (Lipinski definition) is 2. The van der Waals surface area contributed by atoms with E-state index in [1.165, 1.54) is 0 Å². The Morgan fingerprint density at radius 1 is 1.08 bits per heavy atom. The predicted octanol–water partition coefficient (Wildman–Crippen LogP) is 3.48. The molecule has 0 radical (unpaired) electrons. The standard InChI is InChI=1S/C19H22N2O3/c1-4-13(2)20-19(23)16-10-5-6-11-17(16)21-18(22)14-8-7-9-15(12-14)24-3/h5-13H,4H2,1-3H3,(H,20,23)(H,21,22)/t13-/m0/s1. The molecule has 5 heteroatoms. The highest BCUT2D eigenvalue weighted by atomic mass is 16.5. The lowest BCUT2D eigenvalue weighted by atomic mass is 10.1. The lowest BCUT2D eigenvalue weighted by Gasteiger charge is -2.14. The second kappa shape index (κ2) is 8.15. The van der Waals surface area contributed by atoms with E-state index < -0.39 is 0 Å². The summed E-state index contributed by atoms with van der Waals surface area (Å²) in [5.74, 6) is 0.106. The van der Waals surface area contributed by atoms with Crippen LogP contribution in [0, 0.1) is 0 Å². The number of carbonyl (C=O) groups is 2. The normalized spacial score (nSPS) is 11.5. The zero-order chi connectivity index (χ0) is 17.5. The van der Waals surface area contributed by atoms with Gasteiger partial charge in [-0.25, -0.2) is 0 Å². The number of hydrogen-bond acceptors (Lipinski definition) is 3. The highest BCUT2D eigenvalue weighted by molar-refractivity contribution is 6.09. The molecule has 1 atom stereocenters. The van der Waals surface area contributed by atoms with Crippen LogP contribution in [0.3, 0.4) is 0 Å². The Hall–Kier alpha value is -2.82. The smallest absolute Gasteiger partial charge is 0.255 e. The van der Waals surface area contributed by atoms with E-state index in [1.807, 2.05) is 13.8 Å². The highest BCUT2D eigenvalue weighted by Gasteiger charge is 2.15. The van der Waals surface area contributed by atoms with Crippen molar-refractivity contribution in [2.75, 3.05) is 12.4 Å². The molecule has 5 nitrogen and oxygen atoms in total. The molecular formula is C19H22N2O3. The summed E-state index contributed by atoms with van der Waals surface area (Å²) in [4.78, 5) is 24.8. The van der Waals surface area contributed by atoms with Gasteiger partial charge >= 0.3 is 0 Å². The first-order chi connectivity index (χ1) is 11.5. The molecule has 0 unspecified atom stereocenters. The number of amides is 2. The van der Waals surface area contributed by atoms with Crippen LogP contribution in [0.4, 0.5) is 5.69 Å². The van der Waals surface area contributed by atoms with Crippen LogP contribution in [0.15, 0.2) is 48.5 Å². The summed E-state index contributed by atoms with van der Waals surface area (Å²) in [7, 11) is 1.55. The first-order valence-corrected chi connectivity index (χ1v) is 7.90. The SMILES string of the molecule is CC[C@H](C)NC(=O)c1ccccc1NC(=O)c1cccc(OC)c1. The summed E-state index contributed by atoms with van der Waals surface area (Å²) >= 11 is 0. The molecule has 0 aliphatic heterocycles. The van der Waals surface area contributed by atoms with Crippen LogP contribution in [0.5, 0.6) is 5.75 Å². The van der Waals surface area contributed by atoms with Gasteiger partial charge in [0, 0.05) is 11.6 Å². The van der Waals surface area contributed by atoms with Gasteiger partial charge in [-0.1, -0.05) is 25.1 Å². The van der Waals surface area contributed by atoms with E-state index in [9.17, 15) is 9.59 Å². The average molecular weight is 326 g/mol. The number of benzene rings is 2. The molecule has 2 aromatic carbocycles. The maximum absolute atomic E-state index is 12.4. The molecule has 2 amide bonds. The molecule has 0 saturated carbocycles. The highest BCUT2D eigenvalue weighted by Crippen LogP contribution is 2.18. The molecule has 0 spiro atoms. The quantitative estimate of drug-likeness (QED) is 0.854. The lowest BCUT2D eigenvalue weighted by molar-refractivity contribution is 0.0940. The summed E-state index contributed by atoms with van der Waals surface area (Å²) in [6.07, 6.45) is 0.837. The molecule has 0 aliphatic rings. The average Bonchev–Trinajstić information content (AvgIpc) is 2.61. The van der Waals surface area contributed by atoms with Crippen molar-refractivity contribution >= 4 is 17.5 Å². The number of carbonyl (C=O) groups excluding carboxylic acids is 2. The van der Waals surface area contributed by atoms with Crippen molar-refractivity contribution in [1.29, 1.82) is 0 Å². The number of ether oxygens (including phenoxy) is 1. The van der Waals surface area contributed by atoms with Crippen molar-refractivity contribution in [2.24, 2.45) is 0 Å². The molecule has 2 N–H and O–H groups in total. The molecule has 126 valence electrons. The molecule has 0 heterocycles. The minimum Gasteiger partial charge on any atom is -0.497 e. The number of para-hydroxylation sites is 1. The third kappa shape index (κ3) is 4.35. The van der Waals surface area contributed by atoms with E-state index in [0.29, 0.717) is 22.6 Å². The van der Waals surface area contributed by atoms with Gasteiger partial charge in [0.25, 0.3) is 11.8 Å². The van der Waals surface area contributed by atoms with Crippen LogP contribution in [-0.4, -0.2) is 25.0 Å². The molecule has 2 aromatic rings. The molecule has 2 rings (SSSR count). The Labute approximate surface area is 142 Å². The molecule has 0 saturated heterocycles. The van der Waals surface area contributed by atoms with E-state index in [-0.39, 0.29) is 17.9 Å². The Bertz CT molecular complexity index is 728. The summed E-state index contributed by atoms with van der Waals surface area (Å²) in [6.45, 7) is 3.94. The third-order valence-electron chi connectivity index (χ3n) is 3.74. The van der Waals surface area contributed by atoms with Crippen molar-refractivity contribution in [2.45, 2.75) is 26.3 Å². The number of rotatable bonds is 6. The van der Waals surface area contributed by atoms with Crippen LogP contribution >= 0.6 is 0 Å². The molecule has 24 heavy (non-hydrogen) atoms. The van der Waals surface area contributed by atoms with Gasteiger partial charge in [0.05, 0.1) is 18.4 Å². The lowest BCUT2D eigenvalue weighted by Crippen LogP contribution is -2.32. The fraction of sp³-hybridized carbons (Fsp3) is 0.263. The van der Waals surface area contributed by atoms with Crippen molar-refractivity contribution < 1.29 is 14.3 Å². The fourth-order valence-corrected chi connectivity index (χ4v) is 2.15. The van der Waals surface area contributed by atoms with Gasteiger partial charge < -0.3 is 15.4 Å². The van der Waals surface area contributed by atoms with Gasteiger partial charge in [-0.05, 0) is 43.7 Å². The van der Waals surface area contributed by atoms with Gasteiger partial charge in [-0.15, -0.1) is 0 Å². The minimum absolute atomic E-state index is 0.0691. The van der Waals surface area contributed by atoms with E-state index in [1.54, 1.807) is 55.6 Å². The number of nitrogens with one attached hydrogen (secondary N) is 2. The van der Waals surface area contributed by atoms with Crippen LogP contribution in [-0.2, 0) is 0 Å². The first kappa shape index (κ1) is 17.5. The number of methoxy groups -OCH3 is 1. The first-order valence-electron chi connectivity index (χ1n) is 7.90. The predicted molar refractivity (Wildman–Crippen MR) is 94.6 cm³/mol. The van der Waals surface area contributed by atoms with Crippen molar-refractivity contribution in [1.82, 2.24) is 5.32 Å². The van der Waals surface area contributed by atoms with E-state index in [0.717, 1.165) is 6.42 Å². The molecule has 0 bridgehead atoms.